The third-order valence-corrected chi connectivity index (χ3v) is 5.20. The number of rotatable bonds is 8. The fourth-order valence-electron chi connectivity index (χ4n) is 2.51. The van der Waals surface area contributed by atoms with Crippen LogP contribution in [0, 0.1) is 5.82 Å². The fourth-order valence-corrected chi connectivity index (χ4v) is 3.94. The van der Waals surface area contributed by atoms with Crippen LogP contribution in [0.3, 0.4) is 0 Å². The number of methoxy groups -OCH3 is 1. The van der Waals surface area contributed by atoms with Crippen molar-refractivity contribution in [2.24, 2.45) is 0 Å². The van der Waals surface area contributed by atoms with E-state index >= 15 is 0 Å². The Kier molecular flexibility index (Phi) is 6.92. The summed E-state index contributed by atoms with van der Waals surface area (Å²) in [4.78, 5) is 12.3. The summed E-state index contributed by atoms with van der Waals surface area (Å²) in [5, 5.41) is 2.69. The number of carbonyl (C=O) groups excluding carboxylic acids is 1. The summed E-state index contributed by atoms with van der Waals surface area (Å²) >= 11 is 0. The minimum Gasteiger partial charge on any atom is -0.496 e. The number of ether oxygens (including phenoxy) is 1. The van der Waals surface area contributed by atoms with Gasteiger partial charge in [0.05, 0.1) is 18.4 Å². The molecule has 146 valence electrons. The van der Waals surface area contributed by atoms with Gasteiger partial charge >= 0.3 is 0 Å². The predicted molar refractivity (Wildman–Crippen MR) is 101 cm³/mol. The van der Waals surface area contributed by atoms with Crippen LogP contribution >= 0.6 is 0 Å². The molecule has 0 fully saturated rings. The van der Waals surface area contributed by atoms with Crippen molar-refractivity contribution in [3.8, 4) is 5.75 Å². The third-order valence-electron chi connectivity index (χ3n) is 3.65. The second-order valence-corrected chi connectivity index (χ2v) is 8.13. The molecule has 0 spiro atoms. The average molecular weight is 394 g/mol. The van der Waals surface area contributed by atoms with E-state index in [9.17, 15) is 17.6 Å². The topological polar surface area (TPSA) is 84.5 Å². The van der Waals surface area contributed by atoms with Crippen LogP contribution in [0.4, 0.5) is 4.39 Å². The molecule has 0 saturated heterocycles. The van der Waals surface area contributed by atoms with Gasteiger partial charge in [-0.3, -0.25) is 4.79 Å². The quantitative estimate of drug-likeness (QED) is 0.721. The van der Waals surface area contributed by atoms with Crippen molar-refractivity contribution < 1.29 is 22.3 Å². The van der Waals surface area contributed by atoms with Crippen LogP contribution in [0.25, 0.3) is 0 Å². The molecule has 0 atom stereocenters. The molecule has 0 radical (unpaired) electrons. The van der Waals surface area contributed by atoms with E-state index in [1.807, 2.05) is 0 Å². The normalized spacial score (nSPS) is 11.4. The van der Waals surface area contributed by atoms with Crippen molar-refractivity contribution in [2.75, 3.05) is 7.11 Å². The summed E-state index contributed by atoms with van der Waals surface area (Å²) in [5.41, 5.74) is 1.54. The van der Waals surface area contributed by atoms with Gasteiger partial charge in [-0.15, -0.1) is 0 Å². The first-order chi connectivity index (χ1) is 12.7. The maximum Gasteiger partial charge on any atom is 0.255 e. The lowest BCUT2D eigenvalue weighted by molar-refractivity contribution is 0.0947. The molecule has 1 amide bonds. The largest absolute Gasteiger partial charge is 0.496 e. The number of halogens is 1. The summed E-state index contributed by atoms with van der Waals surface area (Å²) < 4.78 is 44.9. The van der Waals surface area contributed by atoms with E-state index in [2.05, 4.69) is 10.0 Å². The SMILES string of the molecule is COc1ccc(F)cc1C(=O)NCc1ccc(CS(=O)(=O)NC(C)C)cc1. The van der Waals surface area contributed by atoms with Gasteiger partial charge in [-0.25, -0.2) is 17.5 Å². The predicted octanol–water partition coefficient (Wildman–Crippen LogP) is 2.59. The smallest absolute Gasteiger partial charge is 0.255 e. The second kappa shape index (κ2) is 8.96. The molecular formula is C19H23FN2O4S. The van der Waals surface area contributed by atoms with Crippen LogP contribution in [-0.4, -0.2) is 27.5 Å². The summed E-state index contributed by atoms with van der Waals surface area (Å²) in [5.74, 6) is -0.814. The van der Waals surface area contributed by atoms with Gasteiger partial charge in [-0.05, 0) is 43.2 Å². The van der Waals surface area contributed by atoms with Crippen LogP contribution in [0.1, 0.15) is 35.3 Å². The van der Waals surface area contributed by atoms with Crippen molar-refractivity contribution in [1.29, 1.82) is 0 Å². The van der Waals surface area contributed by atoms with Gasteiger partial charge in [-0.1, -0.05) is 24.3 Å². The van der Waals surface area contributed by atoms with E-state index < -0.39 is 21.7 Å². The molecule has 8 heteroatoms. The Labute approximate surface area is 158 Å². The zero-order valence-corrected chi connectivity index (χ0v) is 16.3. The van der Waals surface area contributed by atoms with E-state index in [4.69, 9.17) is 4.74 Å². The van der Waals surface area contributed by atoms with E-state index in [-0.39, 0.29) is 29.7 Å². The Bertz CT molecular complexity index is 896. The van der Waals surface area contributed by atoms with Crippen molar-refractivity contribution in [1.82, 2.24) is 10.0 Å². The molecule has 0 aliphatic rings. The van der Waals surface area contributed by atoms with Crippen molar-refractivity contribution in [2.45, 2.75) is 32.2 Å². The number of hydrogen-bond donors (Lipinski definition) is 2. The standard InChI is InChI=1S/C19H23FN2O4S/c1-13(2)22-27(24,25)12-15-6-4-14(5-7-15)11-21-19(23)17-10-16(20)8-9-18(17)26-3/h4-10,13,22H,11-12H2,1-3H3,(H,21,23). The molecular weight excluding hydrogens is 371 g/mol. The zero-order valence-electron chi connectivity index (χ0n) is 15.5. The van der Waals surface area contributed by atoms with E-state index in [1.165, 1.54) is 19.2 Å². The molecule has 2 N–H and O–H groups in total. The number of sulfonamides is 1. The highest BCUT2D eigenvalue weighted by Crippen LogP contribution is 2.19. The molecule has 6 nitrogen and oxygen atoms in total. The molecule has 27 heavy (non-hydrogen) atoms. The molecule has 0 heterocycles. The Morgan fingerprint density at radius 1 is 1.11 bits per heavy atom. The first-order valence-corrected chi connectivity index (χ1v) is 10.0. The lowest BCUT2D eigenvalue weighted by Crippen LogP contribution is -2.31. The first kappa shape index (κ1) is 20.9. The van der Waals surface area contributed by atoms with Gasteiger partial charge in [0.15, 0.2) is 0 Å². The lowest BCUT2D eigenvalue weighted by atomic mass is 10.1. The Morgan fingerprint density at radius 3 is 2.33 bits per heavy atom. The van der Waals surface area contributed by atoms with Gasteiger partial charge < -0.3 is 10.1 Å². The van der Waals surface area contributed by atoms with Crippen molar-refractivity contribution in [3.05, 3.63) is 65.0 Å². The number of hydrogen-bond acceptors (Lipinski definition) is 4. The maximum absolute atomic E-state index is 13.4. The highest BCUT2D eigenvalue weighted by atomic mass is 32.2. The molecule has 0 unspecified atom stereocenters. The number of benzene rings is 2. The molecule has 2 aromatic rings. The molecule has 0 bridgehead atoms. The minimum absolute atomic E-state index is 0.111. The zero-order chi connectivity index (χ0) is 20.0. The number of nitrogens with one attached hydrogen (secondary N) is 2. The fraction of sp³-hybridized carbons (Fsp3) is 0.316. The first-order valence-electron chi connectivity index (χ1n) is 8.40. The molecule has 0 aromatic heterocycles. The minimum atomic E-state index is -3.39. The maximum atomic E-state index is 13.4. The van der Waals surface area contributed by atoms with Crippen LogP contribution in [-0.2, 0) is 22.3 Å². The average Bonchev–Trinajstić information content (AvgIpc) is 2.59. The molecule has 0 aliphatic carbocycles. The lowest BCUT2D eigenvalue weighted by Gasteiger charge is -2.11. The van der Waals surface area contributed by atoms with Crippen molar-refractivity contribution in [3.63, 3.8) is 0 Å². The summed E-state index contributed by atoms with van der Waals surface area (Å²) in [6, 6.07) is 10.4. The third kappa shape index (κ3) is 6.33. The second-order valence-electron chi connectivity index (χ2n) is 6.38. The number of amides is 1. The Morgan fingerprint density at radius 2 is 1.74 bits per heavy atom. The van der Waals surface area contributed by atoms with Gasteiger partial charge in [0, 0.05) is 12.6 Å². The van der Waals surface area contributed by atoms with Crippen LogP contribution in [0.5, 0.6) is 5.75 Å². The molecule has 2 aromatic carbocycles. The summed E-state index contributed by atoms with van der Waals surface area (Å²) in [6.45, 7) is 3.74. The molecule has 0 aliphatic heterocycles. The van der Waals surface area contributed by atoms with Gasteiger partial charge in [0.1, 0.15) is 11.6 Å². The Hall–Kier alpha value is -2.45. The summed E-state index contributed by atoms with van der Waals surface area (Å²) in [7, 11) is -1.98. The van der Waals surface area contributed by atoms with Gasteiger partial charge in [0.2, 0.25) is 10.0 Å². The highest BCUT2D eigenvalue weighted by Gasteiger charge is 2.14. The van der Waals surface area contributed by atoms with E-state index in [1.54, 1.807) is 38.1 Å². The van der Waals surface area contributed by atoms with Crippen LogP contribution < -0.4 is 14.8 Å². The molecule has 0 saturated carbocycles. The molecule has 2 rings (SSSR count). The van der Waals surface area contributed by atoms with Crippen molar-refractivity contribution >= 4 is 15.9 Å². The Balaban J connectivity index is 1.99. The van der Waals surface area contributed by atoms with Crippen LogP contribution in [0.15, 0.2) is 42.5 Å². The monoisotopic (exact) mass is 394 g/mol. The van der Waals surface area contributed by atoms with Gasteiger partial charge in [0.25, 0.3) is 5.91 Å². The highest BCUT2D eigenvalue weighted by molar-refractivity contribution is 7.88. The van der Waals surface area contributed by atoms with E-state index in [0.29, 0.717) is 5.56 Å². The number of carbonyl (C=O) groups is 1. The van der Waals surface area contributed by atoms with E-state index in [0.717, 1.165) is 11.6 Å². The summed E-state index contributed by atoms with van der Waals surface area (Å²) in [6.07, 6.45) is 0. The van der Waals surface area contributed by atoms with Crippen LogP contribution in [0.2, 0.25) is 0 Å². The van der Waals surface area contributed by atoms with Gasteiger partial charge in [-0.2, -0.15) is 0 Å².